The molecule has 6 aromatic rings. The molecule has 0 spiro atoms. The molecule has 0 fully saturated rings. The second-order valence-corrected chi connectivity index (χ2v) is 14.8. The fraction of sp³-hybridized carbons (Fsp3) is 0.105. The van der Waals surface area contributed by atoms with Gasteiger partial charge in [-0.05, 0) is 83.1 Å². The van der Waals surface area contributed by atoms with Crippen LogP contribution < -0.4 is 10.6 Å². The molecule has 0 radical (unpaired) electrons. The largest absolute Gasteiger partial charge is 0.478 e. The summed E-state index contributed by atoms with van der Waals surface area (Å²) in [6, 6.07) is 38.9. The van der Waals surface area contributed by atoms with Gasteiger partial charge in [-0.1, -0.05) is 84.9 Å². The Morgan fingerprint density at radius 1 is 0.711 bits per heavy atom. The monoisotopic (exact) mass is 612 g/mol. The van der Waals surface area contributed by atoms with Crippen molar-refractivity contribution in [3.63, 3.8) is 0 Å². The number of aromatic nitrogens is 1. The van der Waals surface area contributed by atoms with Crippen LogP contribution in [0, 0.1) is 0 Å². The van der Waals surface area contributed by atoms with Crippen molar-refractivity contribution in [2.45, 2.75) is 13.1 Å². The molecule has 0 aliphatic heterocycles. The lowest BCUT2D eigenvalue weighted by Gasteiger charge is -2.14. The maximum absolute atomic E-state index is 13.9. The lowest BCUT2D eigenvalue weighted by Crippen LogP contribution is -2.23. The first kappa shape index (κ1) is 29.9. The third kappa shape index (κ3) is 6.67. The number of aromatic carboxylic acids is 1. The van der Waals surface area contributed by atoms with Gasteiger partial charge in [0, 0.05) is 30.0 Å². The number of benzene rings is 5. The maximum atomic E-state index is 13.9. The molecule has 0 unspecified atom stereocenters. The number of fused-ring (bicyclic) bond motifs is 1. The number of carboxylic acids is 1. The summed E-state index contributed by atoms with van der Waals surface area (Å²) < 4.78 is 14.9. The Hall–Kier alpha value is -5.19. The molecule has 1 amide bonds. The van der Waals surface area contributed by atoms with Crippen LogP contribution in [0.3, 0.4) is 0 Å². The number of hydrogen-bond donors (Lipinski definition) is 2. The summed E-state index contributed by atoms with van der Waals surface area (Å²) in [7, 11) is -2.48. The first-order chi connectivity index (χ1) is 21.7. The van der Waals surface area contributed by atoms with Gasteiger partial charge in [-0.3, -0.25) is 4.79 Å². The molecule has 0 bridgehead atoms. The molecular formula is C38H33N2O4P. The highest BCUT2D eigenvalue weighted by atomic mass is 31.2. The Labute approximate surface area is 262 Å². The summed E-state index contributed by atoms with van der Waals surface area (Å²) in [6.07, 6.45) is 2.00. The van der Waals surface area contributed by atoms with Crippen LogP contribution in [0.5, 0.6) is 0 Å². The molecule has 0 saturated heterocycles. The summed E-state index contributed by atoms with van der Waals surface area (Å²) in [4.78, 5) is 25.1. The minimum atomic E-state index is -2.48. The van der Waals surface area contributed by atoms with E-state index in [0.717, 1.165) is 49.6 Å². The number of hydrogen-bond acceptors (Lipinski definition) is 3. The van der Waals surface area contributed by atoms with E-state index in [-0.39, 0.29) is 18.0 Å². The zero-order chi connectivity index (χ0) is 31.6. The van der Waals surface area contributed by atoms with Gasteiger partial charge in [0.25, 0.3) is 5.91 Å². The minimum Gasteiger partial charge on any atom is -0.478 e. The molecule has 7 heteroatoms. The van der Waals surface area contributed by atoms with E-state index >= 15 is 0 Å². The predicted octanol–water partition coefficient (Wildman–Crippen LogP) is 7.90. The van der Waals surface area contributed by atoms with Crippen LogP contribution in [0.2, 0.25) is 0 Å². The van der Waals surface area contributed by atoms with Gasteiger partial charge in [0.05, 0.1) is 16.6 Å². The highest BCUT2D eigenvalue weighted by Gasteiger charge is 2.18. The third-order valence-corrected chi connectivity index (χ3v) is 9.50. The first-order valence-electron chi connectivity index (χ1n) is 14.7. The molecule has 1 aromatic heterocycles. The Morgan fingerprint density at radius 3 is 2.07 bits per heavy atom. The Bertz CT molecular complexity index is 2060. The molecule has 5 aromatic carbocycles. The third-order valence-electron chi connectivity index (χ3n) is 7.97. The molecule has 1 heterocycles. The lowest BCUT2D eigenvalue weighted by atomic mass is 9.99. The van der Waals surface area contributed by atoms with E-state index in [1.54, 1.807) is 25.5 Å². The van der Waals surface area contributed by atoms with Crippen LogP contribution in [0.4, 0.5) is 0 Å². The summed E-state index contributed by atoms with van der Waals surface area (Å²) in [5.74, 6) is -1.23. The average molecular weight is 613 g/mol. The van der Waals surface area contributed by atoms with Gasteiger partial charge < -0.3 is 19.6 Å². The second-order valence-electron chi connectivity index (χ2n) is 11.6. The van der Waals surface area contributed by atoms with Crippen LogP contribution >= 0.6 is 7.14 Å². The van der Waals surface area contributed by atoms with Crippen molar-refractivity contribution in [3.8, 4) is 22.3 Å². The SMILES string of the molecule is CP(C)(=O)c1cccc(-c2cc(C(=O)NCc3ccc(C(=O)O)cc3)c3c(ccn3Cc3ccc(-c4ccccc4)cc3)c2)c1. The Kier molecular flexibility index (Phi) is 8.25. The molecule has 0 saturated carbocycles. The van der Waals surface area contributed by atoms with Crippen molar-refractivity contribution in [1.82, 2.24) is 9.88 Å². The molecule has 0 aliphatic carbocycles. The van der Waals surface area contributed by atoms with Crippen molar-refractivity contribution < 1.29 is 19.3 Å². The van der Waals surface area contributed by atoms with Crippen molar-refractivity contribution >= 4 is 35.2 Å². The Morgan fingerprint density at radius 2 is 1.38 bits per heavy atom. The van der Waals surface area contributed by atoms with E-state index in [0.29, 0.717) is 12.1 Å². The lowest BCUT2D eigenvalue weighted by molar-refractivity contribution is 0.0696. The zero-order valence-electron chi connectivity index (χ0n) is 25.1. The summed E-state index contributed by atoms with van der Waals surface area (Å²) in [5, 5.41) is 14.0. The van der Waals surface area contributed by atoms with Crippen molar-refractivity contribution in [1.29, 1.82) is 0 Å². The summed E-state index contributed by atoms with van der Waals surface area (Å²) in [5.41, 5.74) is 7.49. The van der Waals surface area contributed by atoms with Crippen molar-refractivity contribution in [2.24, 2.45) is 0 Å². The number of amides is 1. The number of rotatable bonds is 9. The van der Waals surface area contributed by atoms with Crippen molar-refractivity contribution in [2.75, 3.05) is 13.3 Å². The summed E-state index contributed by atoms with van der Waals surface area (Å²) >= 11 is 0. The van der Waals surface area contributed by atoms with Gasteiger partial charge in [0.2, 0.25) is 0 Å². The van der Waals surface area contributed by atoms with Gasteiger partial charge in [0.1, 0.15) is 7.14 Å². The quantitative estimate of drug-likeness (QED) is 0.163. The van der Waals surface area contributed by atoms with Crippen LogP contribution in [0.15, 0.2) is 128 Å². The fourth-order valence-corrected chi connectivity index (χ4v) is 6.41. The molecule has 6 rings (SSSR count). The predicted molar refractivity (Wildman–Crippen MR) is 182 cm³/mol. The first-order valence-corrected chi connectivity index (χ1v) is 17.3. The molecule has 2 N–H and O–H groups in total. The van der Waals surface area contributed by atoms with Crippen LogP contribution in [-0.4, -0.2) is 34.9 Å². The highest BCUT2D eigenvalue weighted by Crippen LogP contribution is 2.36. The number of carbonyl (C=O) groups is 2. The molecule has 0 atom stereocenters. The molecular weight excluding hydrogens is 579 g/mol. The molecule has 45 heavy (non-hydrogen) atoms. The average Bonchev–Trinajstić information content (AvgIpc) is 3.46. The number of carbonyl (C=O) groups excluding carboxylic acids is 1. The zero-order valence-corrected chi connectivity index (χ0v) is 26.0. The van der Waals surface area contributed by atoms with E-state index < -0.39 is 13.1 Å². The highest BCUT2D eigenvalue weighted by molar-refractivity contribution is 7.70. The number of nitrogens with one attached hydrogen (secondary N) is 1. The van der Waals surface area contributed by atoms with Gasteiger partial charge in [-0.15, -0.1) is 0 Å². The van der Waals surface area contributed by atoms with Gasteiger partial charge in [-0.25, -0.2) is 4.79 Å². The van der Waals surface area contributed by atoms with Crippen LogP contribution in [0.1, 0.15) is 31.8 Å². The number of carboxylic acid groups (broad SMARTS) is 1. The minimum absolute atomic E-state index is 0.194. The second kappa shape index (κ2) is 12.4. The smallest absolute Gasteiger partial charge is 0.335 e. The standard InChI is InChI=1S/C38H33N2O4P/c1-45(2,44)34-10-6-9-31(22-34)33-21-32-19-20-40(25-27-13-15-29(16-14-27)28-7-4-3-5-8-28)36(32)35(23-33)37(41)39-24-26-11-17-30(18-12-26)38(42)43/h3-23H,24-25H2,1-2H3,(H,39,41)(H,42,43). The molecule has 0 aliphatic rings. The number of nitrogens with zero attached hydrogens (tertiary/aromatic N) is 1. The fourth-order valence-electron chi connectivity index (χ4n) is 5.51. The van der Waals surface area contributed by atoms with E-state index in [2.05, 4.69) is 52.3 Å². The van der Waals surface area contributed by atoms with E-state index in [9.17, 15) is 19.3 Å². The van der Waals surface area contributed by atoms with Crippen molar-refractivity contribution in [3.05, 3.63) is 150 Å². The Balaban J connectivity index is 1.36. The van der Waals surface area contributed by atoms with Gasteiger partial charge in [-0.2, -0.15) is 0 Å². The molecule has 224 valence electrons. The van der Waals surface area contributed by atoms with E-state index in [1.807, 2.05) is 60.8 Å². The maximum Gasteiger partial charge on any atom is 0.335 e. The topological polar surface area (TPSA) is 88.4 Å². The van der Waals surface area contributed by atoms with Crippen LogP contribution in [-0.2, 0) is 17.7 Å². The van der Waals surface area contributed by atoms with E-state index in [4.69, 9.17) is 0 Å². The van der Waals surface area contributed by atoms with Gasteiger partial charge >= 0.3 is 5.97 Å². The molecule has 6 nitrogen and oxygen atoms in total. The summed E-state index contributed by atoms with van der Waals surface area (Å²) in [6.45, 7) is 4.34. The normalized spacial score (nSPS) is 11.4. The van der Waals surface area contributed by atoms with E-state index in [1.165, 1.54) is 12.1 Å². The van der Waals surface area contributed by atoms with Crippen LogP contribution in [0.25, 0.3) is 33.2 Å². The van der Waals surface area contributed by atoms with Gasteiger partial charge in [0.15, 0.2) is 0 Å².